The van der Waals surface area contributed by atoms with Gasteiger partial charge in [-0.1, -0.05) is 18.6 Å². The Morgan fingerprint density at radius 2 is 1.79 bits per heavy atom. The number of methoxy groups -OCH3 is 1. The van der Waals surface area contributed by atoms with Gasteiger partial charge in [-0.25, -0.2) is 4.79 Å². The van der Waals surface area contributed by atoms with E-state index in [9.17, 15) is 9.59 Å². The highest BCUT2D eigenvalue weighted by Gasteiger charge is 2.25. The van der Waals surface area contributed by atoms with Gasteiger partial charge in [0.2, 0.25) is 5.91 Å². The first-order valence-electron chi connectivity index (χ1n) is 7.76. The lowest BCUT2D eigenvalue weighted by Crippen LogP contribution is -2.28. The van der Waals surface area contributed by atoms with Crippen molar-refractivity contribution in [3.63, 3.8) is 0 Å². The number of ether oxygens (including phenoxy) is 1. The van der Waals surface area contributed by atoms with Crippen molar-refractivity contribution in [2.75, 3.05) is 17.7 Å². The smallest absolute Gasteiger partial charge is 0.339 e. The van der Waals surface area contributed by atoms with Crippen LogP contribution in [0.25, 0.3) is 0 Å². The van der Waals surface area contributed by atoms with Crippen LogP contribution in [-0.2, 0) is 9.53 Å². The highest BCUT2D eigenvalue weighted by molar-refractivity contribution is 5.96. The van der Waals surface area contributed by atoms with Crippen molar-refractivity contribution in [2.24, 2.45) is 5.92 Å². The van der Waals surface area contributed by atoms with Gasteiger partial charge in [0, 0.05) is 5.92 Å². The molecule has 1 aliphatic rings. The summed E-state index contributed by atoms with van der Waals surface area (Å²) in [5.74, 6) is 0.533. The molecule has 1 amide bonds. The predicted octanol–water partition coefficient (Wildman–Crippen LogP) is 2.75. The number of rotatable bonds is 5. The van der Waals surface area contributed by atoms with Crippen LogP contribution >= 0.6 is 0 Å². The highest BCUT2D eigenvalue weighted by atomic mass is 16.5. The molecule has 7 heteroatoms. The zero-order valence-corrected chi connectivity index (χ0v) is 13.3. The molecule has 1 aromatic heterocycles. The molecule has 1 heterocycles. The van der Waals surface area contributed by atoms with E-state index in [4.69, 9.17) is 4.74 Å². The SMILES string of the molecule is COC(=O)c1ccccc1Nc1ccc(NC(=O)C2CCC2)nn1. The summed E-state index contributed by atoms with van der Waals surface area (Å²) in [5, 5.41) is 13.8. The summed E-state index contributed by atoms with van der Waals surface area (Å²) < 4.78 is 4.75. The fourth-order valence-corrected chi connectivity index (χ4v) is 2.38. The molecule has 1 fully saturated rings. The maximum Gasteiger partial charge on any atom is 0.339 e. The summed E-state index contributed by atoms with van der Waals surface area (Å²) in [7, 11) is 1.33. The topological polar surface area (TPSA) is 93.2 Å². The molecule has 3 rings (SSSR count). The second kappa shape index (κ2) is 7.08. The van der Waals surface area contributed by atoms with Gasteiger partial charge in [0.15, 0.2) is 11.6 Å². The van der Waals surface area contributed by atoms with E-state index < -0.39 is 5.97 Å². The standard InChI is InChI=1S/C17H18N4O3/c1-24-17(23)12-7-2-3-8-13(12)18-14-9-10-15(21-20-14)19-16(22)11-5-4-6-11/h2-3,7-11H,4-6H2,1H3,(H,18,20)(H,19,21,22). The Kier molecular flexibility index (Phi) is 4.69. The number of benzene rings is 1. The van der Waals surface area contributed by atoms with E-state index in [1.165, 1.54) is 7.11 Å². The number of aromatic nitrogens is 2. The Morgan fingerprint density at radius 1 is 1.08 bits per heavy atom. The van der Waals surface area contributed by atoms with Crippen LogP contribution in [-0.4, -0.2) is 29.2 Å². The van der Waals surface area contributed by atoms with Crippen LogP contribution in [0.3, 0.4) is 0 Å². The van der Waals surface area contributed by atoms with Crippen molar-refractivity contribution >= 4 is 29.2 Å². The maximum absolute atomic E-state index is 11.9. The molecule has 2 aromatic rings. The number of carbonyl (C=O) groups is 2. The van der Waals surface area contributed by atoms with E-state index >= 15 is 0 Å². The minimum Gasteiger partial charge on any atom is -0.465 e. The van der Waals surface area contributed by atoms with Crippen LogP contribution < -0.4 is 10.6 Å². The molecular weight excluding hydrogens is 308 g/mol. The summed E-state index contributed by atoms with van der Waals surface area (Å²) in [6.45, 7) is 0. The zero-order valence-electron chi connectivity index (χ0n) is 13.3. The number of esters is 1. The first-order chi connectivity index (χ1) is 11.7. The third kappa shape index (κ3) is 3.51. The molecule has 7 nitrogen and oxygen atoms in total. The first kappa shape index (κ1) is 15.9. The number of nitrogens with one attached hydrogen (secondary N) is 2. The predicted molar refractivity (Wildman–Crippen MR) is 89.1 cm³/mol. The van der Waals surface area contributed by atoms with E-state index in [-0.39, 0.29) is 11.8 Å². The van der Waals surface area contributed by atoms with Gasteiger partial charge >= 0.3 is 5.97 Å². The molecule has 0 aliphatic heterocycles. The minimum atomic E-state index is -0.435. The maximum atomic E-state index is 11.9. The molecule has 124 valence electrons. The van der Waals surface area contributed by atoms with Gasteiger partial charge in [-0.15, -0.1) is 10.2 Å². The molecule has 0 bridgehead atoms. The molecule has 0 spiro atoms. The van der Waals surface area contributed by atoms with Gasteiger partial charge in [-0.05, 0) is 37.1 Å². The largest absolute Gasteiger partial charge is 0.465 e. The Bertz CT molecular complexity index is 742. The molecule has 0 unspecified atom stereocenters. The van der Waals surface area contributed by atoms with Gasteiger partial charge in [-0.3, -0.25) is 4.79 Å². The second-order valence-electron chi connectivity index (χ2n) is 5.58. The monoisotopic (exact) mass is 326 g/mol. The number of hydrogen-bond acceptors (Lipinski definition) is 6. The van der Waals surface area contributed by atoms with E-state index in [1.54, 1.807) is 36.4 Å². The summed E-state index contributed by atoms with van der Waals surface area (Å²) in [6.07, 6.45) is 2.97. The summed E-state index contributed by atoms with van der Waals surface area (Å²) in [6, 6.07) is 10.3. The molecule has 1 aliphatic carbocycles. The summed E-state index contributed by atoms with van der Waals surface area (Å²) >= 11 is 0. The molecule has 0 radical (unpaired) electrons. The van der Waals surface area contributed by atoms with Crippen LogP contribution in [0.5, 0.6) is 0 Å². The van der Waals surface area contributed by atoms with Crippen molar-refractivity contribution < 1.29 is 14.3 Å². The number of amides is 1. The van der Waals surface area contributed by atoms with E-state index in [0.717, 1.165) is 19.3 Å². The van der Waals surface area contributed by atoms with Crippen molar-refractivity contribution in [1.82, 2.24) is 10.2 Å². The van der Waals surface area contributed by atoms with Crippen LogP contribution in [0, 0.1) is 5.92 Å². The van der Waals surface area contributed by atoms with E-state index in [1.807, 2.05) is 0 Å². The Labute approximate surface area is 139 Å². The van der Waals surface area contributed by atoms with Crippen LogP contribution in [0.1, 0.15) is 29.6 Å². The molecule has 1 aromatic carbocycles. The van der Waals surface area contributed by atoms with Crippen LogP contribution in [0.2, 0.25) is 0 Å². The highest BCUT2D eigenvalue weighted by Crippen LogP contribution is 2.27. The minimum absolute atomic E-state index is 0.00713. The van der Waals surface area contributed by atoms with Crippen molar-refractivity contribution in [3.8, 4) is 0 Å². The Balaban J connectivity index is 1.68. The number of hydrogen-bond donors (Lipinski definition) is 2. The van der Waals surface area contributed by atoms with Gasteiger partial charge in [0.1, 0.15) is 0 Å². The van der Waals surface area contributed by atoms with Crippen molar-refractivity contribution in [3.05, 3.63) is 42.0 Å². The van der Waals surface area contributed by atoms with Gasteiger partial charge < -0.3 is 15.4 Å². The van der Waals surface area contributed by atoms with E-state index in [0.29, 0.717) is 22.9 Å². The normalized spacial score (nSPS) is 13.7. The summed E-state index contributed by atoms with van der Waals surface area (Å²) in [5.41, 5.74) is 0.981. The number of nitrogens with zero attached hydrogens (tertiary/aromatic N) is 2. The summed E-state index contributed by atoms with van der Waals surface area (Å²) in [4.78, 5) is 23.6. The zero-order chi connectivity index (χ0) is 16.9. The number of para-hydroxylation sites is 1. The third-order valence-corrected chi connectivity index (χ3v) is 3.99. The third-order valence-electron chi connectivity index (χ3n) is 3.99. The molecule has 0 saturated heterocycles. The first-order valence-corrected chi connectivity index (χ1v) is 7.76. The Morgan fingerprint density at radius 3 is 2.42 bits per heavy atom. The molecular formula is C17H18N4O3. The Hall–Kier alpha value is -2.96. The molecule has 2 N–H and O–H groups in total. The van der Waals surface area contributed by atoms with E-state index in [2.05, 4.69) is 20.8 Å². The molecule has 0 atom stereocenters. The van der Waals surface area contributed by atoms with Crippen LogP contribution in [0.4, 0.5) is 17.3 Å². The lowest BCUT2D eigenvalue weighted by atomic mass is 9.85. The lowest BCUT2D eigenvalue weighted by molar-refractivity contribution is -0.122. The van der Waals surface area contributed by atoms with Gasteiger partial charge in [-0.2, -0.15) is 0 Å². The average Bonchev–Trinajstić information content (AvgIpc) is 2.55. The molecule has 1 saturated carbocycles. The fourth-order valence-electron chi connectivity index (χ4n) is 2.38. The second-order valence-corrected chi connectivity index (χ2v) is 5.58. The quantitative estimate of drug-likeness (QED) is 0.821. The lowest BCUT2D eigenvalue weighted by Gasteiger charge is -2.23. The average molecular weight is 326 g/mol. The van der Waals surface area contributed by atoms with Crippen molar-refractivity contribution in [2.45, 2.75) is 19.3 Å². The fraction of sp³-hybridized carbons (Fsp3) is 0.294. The number of carbonyl (C=O) groups excluding carboxylic acids is 2. The van der Waals surface area contributed by atoms with Gasteiger partial charge in [0.05, 0.1) is 18.4 Å². The number of anilines is 3. The molecule has 24 heavy (non-hydrogen) atoms. The van der Waals surface area contributed by atoms with Gasteiger partial charge in [0.25, 0.3) is 0 Å². The van der Waals surface area contributed by atoms with Crippen LogP contribution in [0.15, 0.2) is 36.4 Å². The van der Waals surface area contributed by atoms with Crippen molar-refractivity contribution in [1.29, 1.82) is 0 Å².